The molecular weight excluding hydrogens is 450 g/mol. The van der Waals surface area contributed by atoms with E-state index in [1.807, 2.05) is 56.4 Å². The number of benzene rings is 1. The van der Waals surface area contributed by atoms with Crippen LogP contribution in [-0.4, -0.2) is 81.5 Å². The highest BCUT2D eigenvalue weighted by molar-refractivity contribution is 8.02. The highest BCUT2D eigenvalue weighted by atomic mass is 32.2. The van der Waals surface area contributed by atoms with Crippen LogP contribution in [0.1, 0.15) is 18.1 Å². The maximum Gasteiger partial charge on any atom is 0.251 e. The topological polar surface area (TPSA) is 81.2 Å². The van der Waals surface area contributed by atoms with E-state index in [-0.39, 0.29) is 29.6 Å². The molecule has 7 nitrogen and oxygen atoms in total. The third kappa shape index (κ3) is 3.18. The van der Waals surface area contributed by atoms with E-state index in [1.165, 1.54) is 0 Å². The number of thioether (sulfide) groups is 1. The summed E-state index contributed by atoms with van der Waals surface area (Å²) in [5.41, 5.74) is 2.86. The first-order valence-corrected chi connectivity index (χ1v) is 12.7. The van der Waals surface area contributed by atoms with Gasteiger partial charge in [-0.05, 0) is 38.0 Å². The Morgan fingerprint density at radius 3 is 2.62 bits per heavy atom. The van der Waals surface area contributed by atoms with E-state index in [9.17, 15) is 19.5 Å². The molecule has 3 amide bonds. The molecule has 34 heavy (non-hydrogen) atoms. The highest BCUT2D eigenvalue weighted by Crippen LogP contribution is 2.61. The lowest BCUT2D eigenvalue weighted by atomic mass is 9.78. The molecule has 0 aromatic heterocycles. The summed E-state index contributed by atoms with van der Waals surface area (Å²) in [6.45, 7) is 6.38. The van der Waals surface area contributed by atoms with Gasteiger partial charge in [-0.15, -0.1) is 11.8 Å². The number of nitrogens with zero attached hydrogens (tertiary/aromatic N) is 3. The van der Waals surface area contributed by atoms with Crippen molar-refractivity contribution in [2.24, 2.45) is 11.8 Å². The maximum absolute atomic E-state index is 14.3. The fourth-order valence-corrected chi connectivity index (χ4v) is 7.98. The summed E-state index contributed by atoms with van der Waals surface area (Å²) in [7, 11) is 1.76. The number of fused-ring (bicyclic) bond motifs is 2. The lowest BCUT2D eigenvalue weighted by Gasteiger charge is -2.37. The van der Waals surface area contributed by atoms with Crippen molar-refractivity contribution in [3.63, 3.8) is 0 Å². The van der Waals surface area contributed by atoms with Crippen molar-refractivity contribution in [1.82, 2.24) is 9.80 Å². The van der Waals surface area contributed by atoms with Crippen molar-refractivity contribution < 1.29 is 19.5 Å². The highest BCUT2D eigenvalue weighted by Gasteiger charge is 2.71. The molecule has 1 aromatic carbocycles. The molecule has 2 fully saturated rings. The summed E-state index contributed by atoms with van der Waals surface area (Å²) >= 11 is 1.56. The summed E-state index contributed by atoms with van der Waals surface area (Å²) < 4.78 is -0.864. The number of aryl methyl sites for hydroxylation is 2. The molecule has 5 rings (SSSR count). The van der Waals surface area contributed by atoms with E-state index in [0.717, 1.165) is 16.8 Å². The molecule has 4 aliphatic heterocycles. The number of likely N-dealkylation sites (N-methyl/N-ethyl adjacent to an activating group) is 1. The fraction of sp³-hybridized carbons (Fsp3) is 0.500. The Kier molecular flexibility index (Phi) is 5.64. The Labute approximate surface area is 204 Å². The molecule has 8 heteroatoms. The Morgan fingerprint density at radius 2 is 1.88 bits per heavy atom. The van der Waals surface area contributed by atoms with Gasteiger partial charge in [0.1, 0.15) is 6.04 Å². The van der Waals surface area contributed by atoms with Gasteiger partial charge in [-0.3, -0.25) is 14.4 Å². The van der Waals surface area contributed by atoms with Crippen molar-refractivity contribution in [1.29, 1.82) is 0 Å². The monoisotopic (exact) mass is 481 g/mol. The summed E-state index contributed by atoms with van der Waals surface area (Å²) in [5, 5.41) is 9.85. The fourth-order valence-electron chi connectivity index (χ4n) is 5.99. The second-order valence-electron chi connectivity index (χ2n) is 9.91. The molecular formula is C26H31N3O4S. The number of hydrogen-bond donors (Lipinski definition) is 1. The van der Waals surface area contributed by atoms with Gasteiger partial charge in [0.25, 0.3) is 5.91 Å². The van der Waals surface area contributed by atoms with Gasteiger partial charge >= 0.3 is 0 Å². The molecule has 0 radical (unpaired) electrons. The van der Waals surface area contributed by atoms with Gasteiger partial charge < -0.3 is 19.8 Å². The van der Waals surface area contributed by atoms with Crippen molar-refractivity contribution in [3.8, 4) is 0 Å². The third-order valence-corrected chi connectivity index (χ3v) is 9.44. The minimum atomic E-state index is -0.864. The van der Waals surface area contributed by atoms with Crippen molar-refractivity contribution in [2.75, 3.05) is 31.6 Å². The van der Waals surface area contributed by atoms with Crippen LogP contribution in [0.4, 0.5) is 5.69 Å². The van der Waals surface area contributed by atoms with Gasteiger partial charge in [0.15, 0.2) is 0 Å². The van der Waals surface area contributed by atoms with Gasteiger partial charge in [-0.2, -0.15) is 0 Å². The molecule has 180 valence electrons. The molecule has 1 N–H and O–H groups in total. The number of amides is 3. The quantitative estimate of drug-likeness (QED) is 0.667. The minimum absolute atomic E-state index is 0.0635. The van der Waals surface area contributed by atoms with E-state index in [4.69, 9.17) is 0 Å². The zero-order chi connectivity index (χ0) is 24.4. The SMILES string of the molecule is Cc1ccc(C)c(N2CC=C[C@]34S[C@@H]5C=CCN(C)C(=O)[C@@H]5[C@H]3C(=O)N([C@H](C)CO)C4C2=O)c1. The Morgan fingerprint density at radius 1 is 1.12 bits per heavy atom. The summed E-state index contributed by atoms with van der Waals surface area (Å²) in [6.07, 6.45) is 7.99. The first-order chi connectivity index (χ1) is 16.2. The average Bonchev–Trinajstić information content (AvgIpc) is 3.15. The second kappa shape index (κ2) is 8.27. The van der Waals surface area contributed by atoms with Crippen LogP contribution in [0.3, 0.4) is 0 Å². The van der Waals surface area contributed by atoms with Crippen LogP contribution in [0.15, 0.2) is 42.5 Å². The van der Waals surface area contributed by atoms with Crippen LogP contribution in [0, 0.1) is 25.7 Å². The van der Waals surface area contributed by atoms with E-state index in [2.05, 4.69) is 0 Å². The van der Waals surface area contributed by atoms with Gasteiger partial charge in [-0.1, -0.05) is 36.4 Å². The predicted molar refractivity (Wildman–Crippen MR) is 132 cm³/mol. The number of carbonyl (C=O) groups excluding carboxylic acids is 3. The lowest BCUT2D eigenvalue weighted by Crippen LogP contribution is -2.56. The third-order valence-electron chi connectivity index (χ3n) is 7.69. The van der Waals surface area contributed by atoms with Crippen LogP contribution in [-0.2, 0) is 14.4 Å². The minimum Gasteiger partial charge on any atom is -0.394 e. The van der Waals surface area contributed by atoms with Crippen LogP contribution >= 0.6 is 11.8 Å². The summed E-state index contributed by atoms with van der Waals surface area (Å²) in [4.78, 5) is 46.7. The lowest BCUT2D eigenvalue weighted by molar-refractivity contribution is -0.143. The Bertz CT molecular complexity index is 1120. The van der Waals surface area contributed by atoms with Crippen molar-refractivity contribution in [3.05, 3.63) is 53.6 Å². The molecule has 1 spiro atoms. The molecule has 4 heterocycles. The number of aliphatic hydroxyl groups excluding tert-OH is 1. The zero-order valence-electron chi connectivity index (χ0n) is 20.0. The first kappa shape index (κ1) is 23.2. The number of anilines is 1. The molecule has 6 atom stereocenters. The molecule has 1 aromatic rings. The molecule has 0 saturated carbocycles. The van der Waals surface area contributed by atoms with Gasteiger partial charge in [0, 0.05) is 31.1 Å². The van der Waals surface area contributed by atoms with E-state index < -0.39 is 28.7 Å². The van der Waals surface area contributed by atoms with Gasteiger partial charge in [0.2, 0.25) is 11.8 Å². The Hall–Kier alpha value is -2.58. The van der Waals surface area contributed by atoms with Crippen LogP contribution in [0.5, 0.6) is 0 Å². The van der Waals surface area contributed by atoms with Gasteiger partial charge in [-0.25, -0.2) is 0 Å². The molecule has 2 saturated heterocycles. The van der Waals surface area contributed by atoms with Crippen LogP contribution in [0.25, 0.3) is 0 Å². The standard InChI is InChI=1S/C26H31N3O4S/c1-15-8-9-16(2)18(13-15)28-12-6-10-26-21(20-19(34-26)7-5-11-27(4)23(20)31)24(32)29(17(3)14-30)22(26)25(28)33/h5-10,13,17,19-22,30H,11-12,14H2,1-4H3/t17-,19-,20+,21+,22?,26+/m1/s1. The normalized spacial score (nSPS) is 33.6. The van der Waals surface area contributed by atoms with Crippen LogP contribution in [0.2, 0.25) is 0 Å². The molecule has 4 aliphatic rings. The van der Waals surface area contributed by atoms with Crippen molar-refractivity contribution >= 4 is 35.2 Å². The number of aliphatic hydroxyl groups is 1. The largest absolute Gasteiger partial charge is 0.394 e. The number of hydrogen-bond acceptors (Lipinski definition) is 5. The Balaban J connectivity index is 1.66. The maximum atomic E-state index is 14.3. The van der Waals surface area contributed by atoms with E-state index in [1.54, 1.807) is 40.4 Å². The second-order valence-corrected chi connectivity index (χ2v) is 11.4. The van der Waals surface area contributed by atoms with E-state index >= 15 is 0 Å². The first-order valence-electron chi connectivity index (χ1n) is 11.8. The number of likely N-dealkylation sites (tertiary alicyclic amines) is 1. The number of carbonyl (C=O) groups is 3. The van der Waals surface area contributed by atoms with Crippen molar-refractivity contribution in [2.45, 2.75) is 42.9 Å². The average molecular weight is 482 g/mol. The summed E-state index contributed by atoms with van der Waals surface area (Å²) in [6, 6.07) is 4.68. The van der Waals surface area contributed by atoms with Gasteiger partial charge in [0.05, 0.1) is 29.2 Å². The molecule has 0 aliphatic carbocycles. The van der Waals surface area contributed by atoms with Crippen LogP contribution < -0.4 is 4.90 Å². The zero-order valence-corrected chi connectivity index (χ0v) is 20.8. The predicted octanol–water partition coefficient (Wildman–Crippen LogP) is 1.91. The molecule has 1 unspecified atom stereocenters. The molecule has 0 bridgehead atoms. The smallest absolute Gasteiger partial charge is 0.251 e. The summed E-state index contributed by atoms with van der Waals surface area (Å²) in [5.74, 6) is -1.64. The number of rotatable bonds is 3. The van der Waals surface area contributed by atoms with E-state index in [0.29, 0.717) is 13.1 Å².